The highest BCUT2D eigenvalue weighted by Crippen LogP contribution is 2.47. The van der Waals surface area contributed by atoms with Crippen LogP contribution in [0.4, 0.5) is 0 Å². The van der Waals surface area contributed by atoms with Gasteiger partial charge in [-0.05, 0) is 45.0 Å². The van der Waals surface area contributed by atoms with E-state index in [0.717, 1.165) is 12.0 Å². The fraction of sp³-hybridized carbons (Fsp3) is 0.400. The monoisotopic (exact) mass is 329 g/mol. The normalized spacial score (nSPS) is 16.8. The van der Waals surface area contributed by atoms with Crippen LogP contribution < -0.4 is 5.30 Å². The molecule has 3 heteroatoms. The average Bonchev–Trinajstić information content (AvgIpc) is 2.62. The lowest BCUT2D eigenvalue weighted by molar-refractivity contribution is 0.110. The molecule has 23 heavy (non-hydrogen) atoms. The van der Waals surface area contributed by atoms with Crippen LogP contribution in [0.15, 0.2) is 60.7 Å². The van der Waals surface area contributed by atoms with Gasteiger partial charge >= 0.3 is 0 Å². The van der Waals surface area contributed by atoms with Crippen molar-refractivity contribution in [2.24, 2.45) is 0 Å². The van der Waals surface area contributed by atoms with Crippen LogP contribution in [-0.4, -0.2) is 28.5 Å². The highest BCUT2D eigenvalue weighted by molar-refractivity contribution is 7.64. The third kappa shape index (κ3) is 4.41. The van der Waals surface area contributed by atoms with Gasteiger partial charge in [0.15, 0.2) is 0 Å². The highest BCUT2D eigenvalue weighted by Gasteiger charge is 2.29. The second-order valence-electron chi connectivity index (χ2n) is 6.11. The summed E-state index contributed by atoms with van der Waals surface area (Å²) in [6.07, 6.45) is 0.665. The first-order valence-electron chi connectivity index (χ1n) is 8.36. The SMILES string of the molecule is CCC(C)[P@](c1ccccc1)N(C)[C@H](C)[C@@H](O)c1ccccc1. The molecule has 0 bridgehead atoms. The number of hydrogen-bond donors (Lipinski definition) is 1. The van der Waals surface area contributed by atoms with E-state index in [1.54, 1.807) is 0 Å². The number of nitrogens with zero attached hydrogens (tertiary/aromatic N) is 1. The standard InChI is InChI=1S/C20H28NOP/c1-5-16(2)23(19-14-10-7-11-15-19)21(4)17(3)20(22)18-12-8-6-9-13-18/h6-17,20,22H,5H2,1-4H3/t16?,17-,20-,23-/m1/s1. The lowest BCUT2D eigenvalue weighted by Gasteiger charge is -2.39. The molecule has 124 valence electrons. The topological polar surface area (TPSA) is 23.5 Å². The fourth-order valence-corrected chi connectivity index (χ4v) is 5.67. The molecule has 1 unspecified atom stereocenters. The lowest BCUT2D eigenvalue weighted by Crippen LogP contribution is -2.35. The van der Waals surface area contributed by atoms with E-state index in [1.165, 1.54) is 5.30 Å². The summed E-state index contributed by atoms with van der Waals surface area (Å²) in [5, 5.41) is 12.2. The minimum atomic E-state index is -0.473. The Hall–Kier alpha value is -1.21. The van der Waals surface area contributed by atoms with Crippen LogP contribution in [-0.2, 0) is 0 Å². The first-order valence-corrected chi connectivity index (χ1v) is 9.72. The van der Waals surface area contributed by atoms with Crippen molar-refractivity contribution in [1.29, 1.82) is 0 Å². The largest absolute Gasteiger partial charge is 0.387 e. The highest BCUT2D eigenvalue weighted by atomic mass is 31.1. The molecule has 0 heterocycles. The Morgan fingerprint density at radius 3 is 2.00 bits per heavy atom. The summed E-state index contributed by atoms with van der Waals surface area (Å²) in [5.41, 5.74) is 1.57. The van der Waals surface area contributed by atoms with E-state index in [2.05, 4.69) is 62.8 Å². The Labute approximate surface area is 142 Å². The molecule has 0 fully saturated rings. The zero-order chi connectivity index (χ0) is 16.8. The summed E-state index contributed by atoms with van der Waals surface area (Å²) in [7, 11) is 1.69. The van der Waals surface area contributed by atoms with Crippen LogP contribution in [0.5, 0.6) is 0 Å². The number of aliphatic hydroxyl groups is 1. The third-order valence-corrected chi connectivity index (χ3v) is 7.63. The Morgan fingerprint density at radius 2 is 1.48 bits per heavy atom. The average molecular weight is 329 g/mol. The van der Waals surface area contributed by atoms with Gasteiger partial charge in [-0.25, -0.2) is 0 Å². The molecule has 0 aliphatic heterocycles. The van der Waals surface area contributed by atoms with Gasteiger partial charge < -0.3 is 5.11 Å². The first-order chi connectivity index (χ1) is 11.1. The molecule has 0 saturated carbocycles. The molecule has 1 N–H and O–H groups in total. The third-order valence-electron chi connectivity index (χ3n) is 4.56. The predicted octanol–water partition coefficient (Wildman–Crippen LogP) is 4.56. The predicted molar refractivity (Wildman–Crippen MR) is 101 cm³/mol. The smallest absolute Gasteiger partial charge is 0.0945 e. The zero-order valence-corrected chi connectivity index (χ0v) is 15.4. The quantitative estimate of drug-likeness (QED) is 0.753. The summed E-state index contributed by atoms with van der Waals surface area (Å²) in [4.78, 5) is 0. The van der Waals surface area contributed by atoms with Crippen LogP contribution in [0.3, 0.4) is 0 Å². The summed E-state index contributed by atoms with van der Waals surface area (Å²) >= 11 is 0. The van der Waals surface area contributed by atoms with E-state index >= 15 is 0 Å². The van der Waals surface area contributed by atoms with E-state index < -0.39 is 14.2 Å². The van der Waals surface area contributed by atoms with Gasteiger partial charge in [-0.2, -0.15) is 0 Å². The summed E-state index contributed by atoms with van der Waals surface area (Å²) in [5.74, 6) is 0. The zero-order valence-electron chi connectivity index (χ0n) is 14.6. The first kappa shape index (κ1) is 18.1. The number of benzene rings is 2. The lowest BCUT2D eigenvalue weighted by atomic mass is 10.0. The fourth-order valence-electron chi connectivity index (χ4n) is 2.83. The molecule has 0 radical (unpaired) electrons. The van der Waals surface area contributed by atoms with Gasteiger partial charge in [-0.15, -0.1) is 0 Å². The van der Waals surface area contributed by atoms with Gasteiger partial charge in [0, 0.05) is 6.04 Å². The molecular formula is C20H28NOP. The van der Waals surface area contributed by atoms with Crippen molar-refractivity contribution >= 4 is 13.4 Å². The van der Waals surface area contributed by atoms with Crippen LogP contribution >= 0.6 is 8.07 Å². The van der Waals surface area contributed by atoms with Gasteiger partial charge in [-0.3, -0.25) is 4.67 Å². The number of hydrogen-bond acceptors (Lipinski definition) is 2. The van der Waals surface area contributed by atoms with E-state index in [4.69, 9.17) is 0 Å². The van der Waals surface area contributed by atoms with Crippen LogP contribution in [0.25, 0.3) is 0 Å². The molecule has 0 spiro atoms. The van der Waals surface area contributed by atoms with Gasteiger partial charge in [-0.1, -0.05) is 74.5 Å². The van der Waals surface area contributed by atoms with Crippen molar-refractivity contribution in [3.05, 3.63) is 66.2 Å². The minimum absolute atomic E-state index is 0.0673. The van der Waals surface area contributed by atoms with Crippen molar-refractivity contribution in [2.45, 2.75) is 45.0 Å². The molecule has 0 aromatic heterocycles. The second-order valence-corrected chi connectivity index (χ2v) is 8.83. The van der Waals surface area contributed by atoms with Gasteiger partial charge in [0.1, 0.15) is 0 Å². The van der Waals surface area contributed by atoms with E-state index in [9.17, 15) is 5.11 Å². The molecule has 0 aliphatic carbocycles. The Morgan fingerprint density at radius 1 is 0.957 bits per heavy atom. The molecule has 4 atom stereocenters. The van der Waals surface area contributed by atoms with Gasteiger partial charge in [0.05, 0.1) is 6.10 Å². The van der Waals surface area contributed by atoms with Crippen molar-refractivity contribution in [1.82, 2.24) is 4.67 Å². The summed E-state index contributed by atoms with van der Waals surface area (Å²) in [6.45, 7) is 6.68. The van der Waals surface area contributed by atoms with E-state index in [-0.39, 0.29) is 6.04 Å². The van der Waals surface area contributed by atoms with Crippen molar-refractivity contribution in [3.8, 4) is 0 Å². The maximum absolute atomic E-state index is 10.8. The van der Waals surface area contributed by atoms with E-state index in [0.29, 0.717) is 5.66 Å². The Balaban J connectivity index is 2.24. The molecule has 0 amide bonds. The number of likely N-dealkylation sites (N-methyl/N-ethyl adjacent to an activating group) is 1. The van der Waals surface area contributed by atoms with Gasteiger partial charge in [0.2, 0.25) is 0 Å². The van der Waals surface area contributed by atoms with Crippen LogP contribution in [0.2, 0.25) is 0 Å². The maximum atomic E-state index is 10.8. The molecule has 2 aromatic rings. The summed E-state index contributed by atoms with van der Waals surface area (Å²) in [6, 6.07) is 20.8. The molecule has 2 aromatic carbocycles. The van der Waals surface area contributed by atoms with E-state index in [1.807, 2.05) is 30.3 Å². The second kappa shape index (κ2) is 8.59. The molecule has 2 nitrogen and oxygen atoms in total. The molecular weight excluding hydrogens is 301 g/mol. The van der Waals surface area contributed by atoms with Gasteiger partial charge in [0.25, 0.3) is 0 Å². The molecule has 0 aliphatic rings. The van der Waals surface area contributed by atoms with Crippen molar-refractivity contribution in [2.75, 3.05) is 7.05 Å². The maximum Gasteiger partial charge on any atom is 0.0945 e. The van der Waals surface area contributed by atoms with Crippen molar-refractivity contribution in [3.63, 3.8) is 0 Å². The number of rotatable bonds is 7. The molecule has 2 rings (SSSR count). The molecule has 0 saturated heterocycles. The summed E-state index contributed by atoms with van der Waals surface area (Å²) < 4.78 is 2.39. The van der Waals surface area contributed by atoms with Crippen LogP contribution in [0, 0.1) is 0 Å². The Kier molecular flexibility index (Phi) is 6.77. The van der Waals surface area contributed by atoms with Crippen molar-refractivity contribution < 1.29 is 5.11 Å². The Bertz CT molecular complexity index is 575. The number of aliphatic hydroxyl groups excluding tert-OH is 1. The minimum Gasteiger partial charge on any atom is -0.387 e. The van der Waals surface area contributed by atoms with Crippen LogP contribution in [0.1, 0.15) is 38.9 Å².